The van der Waals surface area contributed by atoms with Gasteiger partial charge in [-0.15, -0.1) is 0 Å². The van der Waals surface area contributed by atoms with Crippen LogP contribution in [-0.2, 0) is 6.42 Å². The van der Waals surface area contributed by atoms with E-state index in [1.165, 1.54) is 44.1 Å². The highest BCUT2D eigenvalue weighted by atomic mass is 32.1. The van der Waals surface area contributed by atoms with Crippen LogP contribution in [0.25, 0.3) is 0 Å². The fraction of sp³-hybridized carbons (Fsp3) is 0.750. The zero-order valence-corrected chi connectivity index (χ0v) is 12.9. The zero-order valence-electron chi connectivity index (χ0n) is 12.0. The van der Waals surface area contributed by atoms with Gasteiger partial charge in [0.15, 0.2) is 0 Å². The lowest BCUT2D eigenvalue weighted by atomic mass is 9.70. The Kier molecular flexibility index (Phi) is 4.85. The molecule has 1 aliphatic carbocycles. The second kappa shape index (κ2) is 6.21. The fourth-order valence-corrected chi connectivity index (χ4v) is 3.90. The minimum atomic E-state index is 0.585. The summed E-state index contributed by atoms with van der Waals surface area (Å²) in [5.41, 5.74) is 2.10. The van der Waals surface area contributed by atoms with Gasteiger partial charge in [-0.3, -0.25) is 0 Å². The monoisotopic (exact) mass is 265 g/mol. The van der Waals surface area contributed by atoms with Crippen molar-refractivity contribution in [3.63, 3.8) is 0 Å². The highest BCUT2D eigenvalue weighted by molar-refractivity contribution is 7.07. The van der Waals surface area contributed by atoms with Gasteiger partial charge in [0.05, 0.1) is 0 Å². The van der Waals surface area contributed by atoms with Crippen LogP contribution in [0.1, 0.15) is 51.5 Å². The van der Waals surface area contributed by atoms with Crippen LogP contribution < -0.4 is 5.32 Å². The predicted octanol–water partition coefficient (Wildman–Crippen LogP) is 4.49. The third-order valence-electron chi connectivity index (χ3n) is 4.65. The number of aryl methyl sites for hydroxylation is 1. The normalized spacial score (nSPS) is 21.9. The van der Waals surface area contributed by atoms with E-state index >= 15 is 0 Å². The molecule has 0 aromatic carbocycles. The van der Waals surface area contributed by atoms with Crippen molar-refractivity contribution in [2.45, 2.75) is 58.4 Å². The van der Waals surface area contributed by atoms with Crippen molar-refractivity contribution in [1.82, 2.24) is 5.32 Å². The number of nitrogens with one attached hydrogen (secondary N) is 1. The minimum absolute atomic E-state index is 0.585. The van der Waals surface area contributed by atoms with Gasteiger partial charge in [0, 0.05) is 6.04 Å². The van der Waals surface area contributed by atoms with E-state index in [0.717, 1.165) is 5.92 Å². The van der Waals surface area contributed by atoms with E-state index in [1.807, 2.05) is 11.3 Å². The predicted molar refractivity (Wildman–Crippen MR) is 81.2 cm³/mol. The Labute approximate surface area is 116 Å². The summed E-state index contributed by atoms with van der Waals surface area (Å²) in [6.45, 7) is 4.84. The smallest absolute Gasteiger partial charge is 0.00955 e. The molecule has 2 heteroatoms. The van der Waals surface area contributed by atoms with Gasteiger partial charge < -0.3 is 5.32 Å². The molecule has 1 aromatic rings. The third kappa shape index (κ3) is 3.83. The largest absolute Gasteiger partial charge is 0.317 e. The van der Waals surface area contributed by atoms with Gasteiger partial charge in [-0.1, -0.05) is 13.8 Å². The van der Waals surface area contributed by atoms with Crippen LogP contribution in [0.4, 0.5) is 0 Å². The van der Waals surface area contributed by atoms with E-state index in [1.54, 1.807) is 0 Å². The molecule has 1 nitrogen and oxygen atoms in total. The summed E-state index contributed by atoms with van der Waals surface area (Å²) in [5.74, 6) is 0.890. The van der Waals surface area contributed by atoms with Crippen molar-refractivity contribution in [1.29, 1.82) is 0 Å². The standard InChI is InChI=1S/C16H27NS/c1-16(2)9-6-14(7-10-16)15(17-3)5-4-13-8-11-18-12-13/h8,11-12,14-15,17H,4-7,9-10H2,1-3H3. The van der Waals surface area contributed by atoms with Crippen LogP contribution in [0.3, 0.4) is 0 Å². The lowest BCUT2D eigenvalue weighted by Crippen LogP contribution is -2.37. The summed E-state index contributed by atoms with van der Waals surface area (Å²) in [7, 11) is 2.14. The van der Waals surface area contributed by atoms with Crippen molar-refractivity contribution >= 4 is 11.3 Å². The number of hydrogen-bond donors (Lipinski definition) is 1. The maximum atomic E-state index is 3.56. The SMILES string of the molecule is CNC(CCc1ccsc1)C1CCC(C)(C)CC1. The molecule has 0 saturated heterocycles. The van der Waals surface area contributed by atoms with Crippen molar-refractivity contribution in [2.75, 3.05) is 7.05 Å². The fourth-order valence-electron chi connectivity index (χ4n) is 3.20. The molecule has 0 aliphatic heterocycles. The Balaban J connectivity index is 1.82. The molecule has 1 heterocycles. The maximum Gasteiger partial charge on any atom is 0.00955 e. The molecule has 0 amide bonds. The van der Waals surface area contributed by atoms with Gasteiger partial charge in [-0.05, 0) is 79.3 Å². The summed E-state index contributed by atoms with van der Waals surface area (Å²) in [5, 5.41) is 8.04. The molecular weight excluding hydrogens is 238 g/mol. The molecular formula is C16H27NS. The van der Waals surface area contributed by atoms with Crippen molar-refractivity contribution in [3.05, 3.63) is 22.4 Å². The average Bonchev–Trinajstić information content (AvgIpc) is 2.84. The highest BCUT2D eigenvalue weighted by Crippen LogP contribution is 2.39. The number of rotatable bonds is 5. The van der Waals surface area contributed by atoms with Crippen LogP contribution >= 0.6 is 11.3 Å². The van der Waals surface area contributed by atoms with E-state index in [9.17, 15) is 0 Å². The first-order chi connectivity index (χ1) is 8.61. The molecule has 1 fully saturated rings. The van der Waals surface area contributed by atoms with Gasteiger partial charge >= 0.3 is 0 Å². The second-order valence-corrected chi connectivity index (χ2v) is 7.35. The summed E-state index contributed by atoms with van der Waals surface area (Å²) in [6, 6.07) is 2.97. The van der Waals surface area contributed by atoms with Crippen molar-refractivity contribution < 1.29 is 0 Å². The van der Waals surface area contributed by atoms with Crippen LogP contribution in [0, 0.1) is 11.3 Å². The second-order valence-electron chi connectivity index (χ2n) is 6.57. The van der Waals surface area contributed by atoms with Crippen LogP contribution in [0.5, 0.6) is 0 Å². The Morgan fingerprint density at radius 3 is 2.67 bits per heavy atom. The summed E-state index contributed by atoms with van der Waals surface area (Å²) >= 11 is 1.81. The third-order valence-corrected chi connectivity index (χ3v) is 5.38. The molecule has 18 heavy (non-hydrogen) atoms. The Hall–Kier alpha value is -0.340. The molecule has 0 bridgehead atoms. The Bertz CT molecular complexity index is 332. The number of hydrogen-bond acceptors (Lipinski definition) is 2. The average molecular weight is 265 g/mol. The first-order valence-corrected chi connectivity index (χ1v) is 8.23. The lowest BCUT2D eigenvalue weighted by molar-refractivity contribution is 0.160. The van der Waals surface area contributed by atoms with Gasteiger partial charge in [0.25, 0.3) is 0 Å². The molecule has 2 rings (SSSR count). The van der Waals surface area contributed by atoms with Crippen molar-refractivity contribution in [3.8, 4) is 0 Å². The quantitative estimate of drug-likeness (QED) is 0.827. The van der Waals surface area contributed by atoms with Crippen LogP contribution in [0.15, 0.2) is 16.8 Å². The Morgan fingerprint density at radius 1 is 1.39 bits per heavy atom. The molecule has 0 spiro atoms. The molecule has 1 aliphatic rings. The van der Waals surface area contributed by atoms with E-state index < -0.39 is 0 Å². The first-order valence-electron chi connectivity index (χ1n) is 7.29. The molecule has 102 valence electrons. The van der Waals surface area contributed by atoms with E-state index in [2.05, 4.69) is 43.0 Å². The molecule has 1 unspecified atom stereocenters. The Morgan fingerprint density at radius 2 is 2.11 bits per heavy atom. The zero-order chi connectivity index (χ0) is 13.0. The first kappa shape index (κ1) is 14.1. The van der Waals surface area contributed by atoms with Gasteiger partial charge in [-0.2, -0.15) is 11.3 Å². The van der Waals surface area contributed by atoms with Crippen molar-refractivity contribution in [2.24, 2.45) is 11.3 Å². The van der Waals surface area contributed by atoms with Gasteiger partial charge in [0.1, 0.15) is 0 Å². The van der Waals surface area contributed by atoms with E-state index in [0.29, 0.717) is 11.5 Å². The van der Waals surface area contributed by atoms with E-state index in [-0.39, 0.29) is 0 Å². The maximum absolute atomic E-state index is 3.56. The van der Waals surface area contributed by atoms with Crippen LogP contribution in [-0.4, -0.2) is 13.1 Å². The molecule has 1 aromatic heterocycles. The number of thiophene rings is 1. The molecule has 0 radical (unpaired) electrons. The molecule has 1 N–H and O–H groups in total. The van der Waals surface area contributed by atoms with Gasteiger partial charge in [-0.25, -0.2) is 0 Å². The van der Waals surface area contributed by atoms with E-state index in [4.69, 9.17) is 0 Å². The molecule has 1 saturated carbocycles. The topological polar surface area (TPSA) is 12.0 Å². The summed E-state index contributed by atoms with van der Waals surface area (Å²) < 4.78 is 0. The summed E-state index contributed by atoms with van der Waals surface area (Å²) in [6.07, 6.45) is 8.13. The van der Waals surface area contributed by atoms with Crippen LogP contribution in [0.2, 0.25) is 0 Å². The lowest BCUT2D eigenvalue weighted by Gasteiger charge is -2.38. The minimum Gasteiger partial charge on any atom is -0.317 e. The molecule has 1 atom stereocenters. The summed E-state index contributed by atoms with van der Waals surface area (Å²) in [4.78, 5) is 0. The van der Waals surface area contributed by atoms with Gasteiger partial charge in [0.2, 0.25) is 0 Å². The highest BCUT2D eigenvalue weighted by Gasteiger charge is 2.30.